The zero-order valence-electron chi connectivity index (χ0n) is 7.11. The summed E-state index contributed by atoms with van der Waals surface area (Å²) in [6.45, 7) is 0. The zero-order valence-corrected chi connectivity index (χ0v) is 9.51. The highest BCUT2D eigenvalue weighted by Crippen LogP contribution is 2.24. The first-order valence-electron chi connectivity index (χ1n) is 3.97. The number of carbonyl (C=O) groups excluding carboxylic acids is 1. The van der Waals surface area contributed by atoms with Crippen LogP contribution in [0, 0.1) is 0 Å². The fraction of sp³-hybridized carbons (Fsp3) is 0. The van der Waals surface area contributed by atoms with E-state index in [4.69, 9.17) is 0 Å². The molecule has 0 bridgehead atoms. The summed E-state index contributed by atoms with van der Waals surface area (Å²) in [5.41, 5.74) is 0.627. The molecule has 2 rings (SSSR count). The summed E-state index contributed by atoms with van der Waals surface area (Å²) in [4.78, 5) is 16.4. The Kier molecular flexibility index (Phi) is 2.74. The van der Waals surface area contributed by atoms with Crippen LogP contribution >= 0.6 is 27.3 Å². The topological polar surface area (TPSA) is 30.0 Å². The van der Waals surface area contributed by atoms with Crippen LogP contribution in [0.5, 0.6) is 0 Å². The molecule has 14 heavy (non-hydrogen) atoms. The molecule has 0 saturated heterocycles. The van der Waals surface area contributed by atoms with Gasteiger partial charge in [-0.3, -0.25) is 9.78 Å². The minimum absolute atomic E-state index is 0.0220. The van der Waals surface area contributed by atoms with Crippen molar-refractivity contribution in [3.05, 3.63) is 50.9 Å². The smallest absolute Gasteiger partial charge is 0.204 e. The van der Waals surface area contributed by atoms with Gasteiger partial charge in [0.05, 0.1) is 8.66 Å². The number of hydrogen-bond donors (Lipinski definition) is 0. The van der Waals surface area contributed by atoms with Gasteiger partial charge in [-0.1, -0.05) is 0 Å². The average Bonchev–Trinajstić information content (AvgIpc) is 2.65. The van der Waals surface area contributed by atoms with Gasteiger partial charge in [0, 0.05) is 18.0 Å². The maximum Gasteiger partial charge on any atom is 0.204 e. The van der Waals surface area contributed by atoms with Crippen molar-refractivity contribution in [2.75, 3.05) is 0 Å². The monoisotopic (exact) mass is 267 g/mol. The van der Waals surface area contributed by atoms with Gasteiger partial charge >= 0.3 is 0 Å². The van der Waals surface area contributed by atoms with E-state index < -0.39 is 0 Å². The molecule has 0 atom stereocenters. The van der Waals surface area contributed by atoms with Crippen molar-refractivity contribution >= 4 is 33.0 Å². The van der Waals surface area contributed by atoms with Crippen molar-refractivity contribution in [1.29, 1.82) is 0 Å². The maximum atomic E-state index is 11.8. The van der Waals surface area contributed by atoms with E-state index in [2.05, 4.69) is 20.9 Å². The molecule has 2 nitrogen and oxygen atoms in total. The highest BCUT2D eigenvalue weighted by molar-refractivity contribution is 9.11. The molecular formula is C10H6BrNOS. The van der Waals surface area contributed by atoms with E-state index in [1.807, 2.05) is 12.1 Å². The molecule has 4 heteroatoms. The normalized spacial score (nSPS) is 10.1. The van der Waals surface area contributed by atoms with Gasteiger partial charge in [-0.2, -0.15) is 0 Å². The summed E-state index contributed by atoms with van der Waals surface area (Å²) in [6.07, 6.45) is 3.23. The number of nitrogens with zero attached hydrogens (tertiary/aromatic N) is 1. The summed E-state index contributed by atoms with van der Waals surface area (Å²) >= 11 is 4.75. The third-order valence-electron chi connectivity index (χ3n) is 1.72. The Balaban J connectivity index is 2.34. The van der Waals surface area contributed by atoms with E-state index in [9.17, 15) is 4.79 Å². The summed E-state index contributed by atoms with van der Waals surface area (Å²) in [5, 5.41) is 0. The van der Waals surface area contributed by atoms with Crippen LogP contribution in [-0.4, -0.2) is 10.8 Å². The van der Waals surface area contributed by atoms with E-state index in [0.717, 1.165) is 8.66 Å². The molecule has 2 heterocycles. The average molecular weight is 268 g/mol. The van der Waals surface area contributed by atoms with Crippen LogP contribution in [0.1, 0.15) is 15.2 Å². The van der Waals surface area contributed by atoms with Crippen molar-refractivity contribution in [2.45, 2.75) is 0 Å². The lowest BCUT2D eigenvalue weighted by atomic mass is 10.2. The number of rotatable bonds is 2. The Morgan fingerprint density at radius 1 is 1.36 bits per heavy atom. The third-order valence-corrected chi connectivity index (χ3v) is 3.34. The van der Waals surface area contributed by atoms with E-state index >= 15 is 0 Å². The van der Waals surface area contributed by atoms with E-state index in [0.29, 0.717) is 5.56 Å². The fourth-order valence-corrected chi connectivity index (χ4v) is 2.42. The van der Waals surface area contributed by atoms with Crippen molar-refractivity contribution in [3.8, 4) is 0 Å². The Morgan fingerprint density at radius 2 is 2.21 bits per heavy atom. The minimum atomic E-state index is 0.0220. The molecule has 0 radical (unpaired) electrons. The molecule has 0 N–H and O–H groups in total. The maximum absolute atomic E-state index is 11.8. The predicted molar refractivity (Wildman–Crippen MR) is 59.7 cm³/mol. The summed E-state index contributed by atoms with van der Waals surface area (Å²) in [5.74, 6) is 0.0220. The molecule has 70 valence electrons. The molecular weight excluding hydrogens is 262 g/mol. The Hall–Kier alpha value is -1.000. The van der Waals surface area contributed by atoms with Crippen molar-refractivity contribution in [2.24, 2.45) is 0 Å². The van der Waals surface area contributed by atoms with Gasteiger partial charge < -0.3 is 0 Å². The number of thiophene rings is 1. The number of halogens is 1. The van der Waals surface area contributed by atoms with Gasteiger partial charge in [0.25, 0.3) is 0 Å². The van der Waals surface area contributed by atoms with Crippen LogP contribution in [0.4, 0.5) is 0 Å². The highest BCUT2D eigenvalue weighted by Gasteiger charge is 2.10. The summed E-state index contributed by atoms with van der Waals surface area (Å²) < 4.78 is 0.963. The van der Waals surface area contributed by atoms with Crippen LogP contribution in [0.2, 0.25) is 0 Å². The molecule has 0 saturated carbocycles. The van der Waals surface area contributed by atoms with E-state index in [1.165, 1.54) is 11.3 Å². The van der Waals surface area contributed by atoms with Gasteiger partial charge in [0.1, 0.15) is 0 Å². The van der Waals surface area contributed by atoms with Gasteiger partial charge in [0.15, 0.2) is 0 Å². The Bertz CT molecular complexity index is 452. The molecule has 0 aliphatic carbocycles. The molecule has 2 aromatic heterocycles. The Morgan fingerprint density at radius 3 is 2.79 bits per heavy atom. The lowest BCUT2D eigenvalue weighted by Crippen LogP contribution is -1.98. The molecule has 0 fully saturated rings. The van der Waals surface area contributed by atoms with Crippen LogP contribution in [0.15, 0.2) is 40.4 Å². The quantitative estimate of drug-likeness (QED) is 0.783. The molecule has 2 aromatic rings. The van der Waals surface area contributed by atoms with E-state index in [1.54, 1.807) is 24.5 Å². The second-order valence-electron chi connectivity index (χ2n) is 2.67. The Labute approximate surface area is 93.7 Å². The van der Waals surface area contributed by atoms with Crippen LogP contribution in [0.3, 0.4) is 0 Å². The van der Waals surface area contributed by atoms with Crippen LogP contribution < -0.4 is 0 Å². The lowest BCUT2D eigenvalue weighted by Gasteiger charge is -1.95. The SMILES string of the molecule is O=C(c1cccnc1)c1ccc(Br)s1. The number of pyridine rings is 1. The molecule has 0 unspecified atom stereocenters. The number of hydrogen-bond acceptors (Lipinski definition) is 3. The molecule has 0 amide bonds. The predicted octanol–water partition coefficient (Wildman–Crippen LogP) is 3.14. The second-order valence-corrected chi connectivity index (χ2v) is 5.14. The lowest BCUT2D eigenvalue weighted by molar-refractivity contribution is 0.104. The fourth-order valence-electron chi connectivity index (χ4n) is 1.08. The number of ketones is 1. The van der Waals surface area contributed by atoms with Crippen molar-refractivity contribution < 1.29 is 4.79 Å². The van der Waals surface area contributed by atoms with Gasteiger partial charge in [-0.25, -0.2) is 0 Å². The molecule has 0 aliphatic heterocycles. The first-order valence-corrected chi connectivity index (χ1v) is 5.58. The highest BCUT2D eigenvalue weighted by atomic mass is 79.9. The standard InChI is InChI=1S/C10H6BrNOS/c11-9-4-3-8(14-9)10(13)7-2-1-5-12-6-7/h1-6H. The number of carbonyl (C=O) groups is 1. The zero-order chi connectivity index (χ0) is 9.97. The van der Waals surface area contributed by atoms with Crippen molar-refractivity contribution in [1.82, 2.24) is 4.98 Å². The second kappa shape index (κ2) is 4.02. The van der Waals surface area contributed by atoms with Crippen LogP contribution in [-0.2, 0) is 0 Å². The first-order chi connectivity index (χ1) is 6.77. The van der Waals surface area contributed by atoms with Gasteiger partial charge in [0.2, 0.25) is 5.78 Å². The summed E-state index contributed by atoms with van der Waals surface area (Å²) in [6, 6.07) is 7.21. The van der Waals surface area contributed by atoms with Crippen LogP contribution in [0.25, 0.3) is 0 Å². The first kappa shape index (κ1) is 9.55. The van der Waals surface area contributed by atoms with Gasteiger partial charge in [-0.05, 0) is 40.2 Å². The van der Waals surface area contributed by atoms with Crippen molar-refractivity contribution in [3.63, 3.8) is 0 Å². The third kappa shape index (κ3) is 1.91. The van der Waals surface area contributed by atoms with Gasteiger partial charge in [-0.15, -0.1) is 11.3 Å². The molecule has 0 aromatic carbocycles. The summed E-state index contributed by atoms with van der Waals surface area (Å²) in [7, 11) is 0. The molecule has 0 aliphatic rings. The molecule has 0 spiro atoms. The van der Waals surface area contributed by atoms with E-state index in [-0.39, 0.29) is 5.78 Å². The minimum Gasteiger partial charge on any atom is -0.288 e. The largest absolute Gasteiger partial charge is 0.288 e. The number of aromatic nitrogens is 1.